The zero-order valence-electron chi connectivity index (χ0n) is 16.8. The fourth-order valence-electron chi connectivity index (χ4n) is 2.73. The number of nitrogens with zero attached hydrogens (tertiary/aromatic N) is 3. The number of carbonyl (C=O) groups excluding carboxylic acids is 1. The van der Waals surface area contributed by atoms with Crippen LogP contribution in [0.5, 0.6) is 5.75 Å². The van der Waals surface area contributed by atoms with E-state index in [1.54, 1.807) is 18.2 Å². The van der Waals surface area contributed by atoms with E-state index in [-0.39, 0.29) is 28.4 Å². The van der Waals surface area contributed by atoms with Crippen molar-refractivity contribution in [1.82, 2.24) is 9.21 Å². The molecule has 3 rings (SSSR count). The number of benzene rings is 2. The lowest BCUT2D eigenvalue weighted by Gasteiger charge is -2.17. The van der Waals surface area contributed by atoms with Crippen LogP contribution in [0.2, 0.25) is 0 Å². The summed E-state index contributed by atoms with van der Waals surface area (Å²) in [5, 5.41) is 0.588. The maximum atomic E-state index is 13.3. The highest BCUT2D eigenvalue weighted by Gasteiger charge is 2.31. The van der Waals surface area contributed by atoms with Crippen LogP contribution in [0.25, 0.3) is 0 Å². The van der Waals surface area contributed by atoms with E-state index in [0.717, 1.165) is 4.31 Å². The minimum absolute atomic E-state index is 0.121. The third-order valence-electron chi connectivity index (χ3n) is 4.26. The number of thioether (sulfide) groups is 1. The summed E-state index contributed by atoms with van der Waals surface area (Å²) in [4.78, 5) is 18.8. The van der Waals surface area contributed by atoms with Crippen molar-refractivity contribution in [3.63, 3.8) is 0 Å². The summed E-state index contributed by atoms with van der Waals surface area (Å²) in [6, 6.07) is 11.8. The molecule has 0 radical (unpaired) electrons. The zero-order valence-corrected chi connectivity index (χ0v) is 18.4. The lowest BCUT2D eigenvalue weighted by molar-refractivity contribution is -0.129. The molecule has 0 bridgehead atoms. The lowest BCUT2D eigenvalue weighted by Crippen LogP contribution is -2.36. The number of sulfonamides is 1. The Labute approximate surface area is 179 Å². The molecule has 30 heavy (non-hydrogen) atoms. The smallest absolute Gasteiger partial charge is 0.266 e. The molecular formula is C20H22FN3O4S2. The van der Waals surface area contributed by atoms with Gasteiger partial charge in [0.15, 0.2) is 11.8 Å². The molecule has 2 aromatic rings. The summed E-state index contributed by atoms with van der Waals surface area (Å²) in [5.74, 6) is -0.490. The molecule has 0 aromatic heterocycles. The molecule has 1 fully saturated rings. The van der Waals surface area contributed by atoms with Crippen molar-refractivity contribution in [2.24, 2.45) is 4.99 Å². The van der Waals surface area contributed by atoms with Crippen molar-refractivity contribution in [3.8, 4) is 5.75 Å². The van der Waals surface area contributed by atoms with E-state index in [1.807, 2.05) is 6.92 Å². The standard InChI is InChI=1S/C20H22FN3O4S2/c1-14-12-24(19(25)13-28-17-8-4-6-15(21)10-17)20(29-14)22-16-7-5-9-18(11-16)30(26,27)23(2)3/h4-11,14H,12-13H2,1-3H3. The second-order valence-corrected chi connectivity index (χ2v) is 10.4. The Morgan fingerprint density at radius 1 is 1.27 bits per heavy atom. The molecule has 160 valence electrons. The van der Waals surface area contributed by atoms with E-state index in [0.29, 0.717) is 17.4 Å². The van der Waals surface area contributed by atoms with Crippen molar-refractivity contribution in [1.29, 1.82) is 0 Å². The monoisotopic (exact) mass is 451 g/mol. The first-order valence-electron chi connectivity index (χ1n) is 9.13. The first-order chi connectivity index (χ1) is 14.2. The van der Waals surface area contributed by atoms with E-state index in [2.05, 4.69) is 4.99 Å². The summed E-state index contributed by atoms with van der Waals surface area (Å²) in [6.07, 6.45) is 0. The molecule has 1 aliphatic heterocycles. The molecule has 1 heterocycles. The SMILES string of the molecule is CC1CN(C(=O)COc2cccc(F)c2)C(=Nc2cccc(S(=O)(=O)N(C)C)c2)S1. The Hall–Kier alpha value is -2.43. The van der Waals surface area contributed by atoms with Gasteiger partial charge in [-0.2, -0.15) is 0 Å². The normalized spacial score (nSPS) is 18.2. The van der Waals surface area contributed by atoms with Crippen LogP contribution in [0.15, 0.2) is 58.4 Å². The highest BCUT2D eigenvalue weighted by molar-refractivity contribution is 8.14. The molecule has 0 N–H and O–H groups in total. The van der Waals surface area contributed by atoms with E-state index in [9.17, 15) is 17.6 Å². The number of halogens is 1. The highest BCUT2D eigenvalue weighted by Crippen LogP contribution is 2.29. The number of hydrogen-bond acceptors (Lipinski definition) is 6. The van der Waals surface area contributed by atoms with Crippen LogP contribution in [0.1, 0.15) is 6.92 Å². The number of carbonyl (C=O) groups is 1. The molecule has 1 amide bonds. The van der Waals surface area contributed by atoms with Crippen LogP contribution in [0.3, 0.4) is 0 Å². The van der Waals surface area contributed by atoms with Crippen LogP contribution < -0.4 is 4.74 Å². The number of rotatable bonds is 6. The van der Waals surface area contributed by atoms with Crippen LogP contribution in [-0.4, -0.2) is 61.2 Å². The summed E-state index contributed by atoms with van der Waals surface area (Å²) >= 11 is 1.42. The molecule has 1 aliphatic rings. The fraction of sp³-hybridized carbons (Fsp3) is 0.300. The van der Waals surface area contributed by atoms with E-state index >= 15 is 0 Å². The molecular weight excluding hydrogens is 429 g/mol. The summed E-state index contributed by atoms with van der Waals surface area (Å²) in [5.41, 5.74) is 0.429. The van der Waals surface area contributed by atoms with Gasteiger partial charge in [-0.3, -0.25) is 9.69 Å². The second kappa shape index (κ2) is 9.15. The van der Waals surface area contributed by atoms with Gasteiger partial charge in [0.25, 0.3) is 5.91 Å². The van der Waals surface area contributed by atoms with Crippen LogP contribution in [0.4, 0.5) is 10.1 Å². The third kappa shape index (κ3) is 5.18. The van der Waals surface area contributed by atoms with Crippen molar-refractivity contribution in [2.75, 3.05) is 27.2 Å². The Bertz CT molecular complexity index is 1070. The van der Waals surface area contributed by atoms with E-state index in [1.165, 1.54) is 61.1 Å². The van der Waals surface area contributed by atoms with Crippen molar-refractivity contribution in [2.45, 2.75) is 17.1 Å². The molecule has 1 atom stereocenters. The van der Waals surface area contributed by atoms with Crippen molar-refractivity contribution < 1.29 is 22.3 Å². The van der Waals surface area contributed by atoms with Crippen molar-refractivity contribution >= 4 is 38.5 Å². The van der Waals surface area contributed by atoms with Crippen molar-refractivity contribution in [3.05, 3.63) is 54.3 Å². The molecule has 0 aliphatic carbocycles. The molecule has 1 unspecified atom stereocenters. The van der Waals surface area contributed by atoms with Crippen LogP contribution >= 0.6 is 11.8 Å². The van der Waals surface area contributed by atoms with Crippen LogP contribution in [-0.2, 0) is 14.8 Å². The van der Waals surface area contributed by atoms with Gasteiger partial charge in [-0.1, -0.05) is 30.8 Å². The molecule has 2 aromatic carbocycles. The Kier molecular flexibility index (Phi) is 6.79. The van der Waals surface area contributed by atoms with Gasteiger partial charge in [0, 0.05) is 32.0 Å². The molecule has 7 nitrogen and oxygen atoms in total. The largest absolute Gasteiger partial charge is 0.484 e. The zero-order chi connectivity index (χ0) is 21.9. The first kappa shape index (κ1) is 22.3. The van der Waals surface area contributed by atoms with Gasteiger partial charge in [-0.15, -0.1) is 0 Å². The average Bonchev–Trinajstić information content (AvgIpc) is 3.06. The van der Waals surface area contributed by atoms with Crippen LogP contribution in [0, 0.1) is 5.82 Å². The quantitative estimate of drug-likeness (QED) is 0.674. The predicted octanol–water partition coefficient (Wildman–Crippen LogP) is 3.11. The van der Waals surface area contributed by atoms with Gasteiger partial charge in [0.05, 0.1) is 10.6 Å². The van der Waals surface area contributed by atoms with Gasteiger partial charge in [0.2, 0.25) is 10.0 Å². The van der Waals surface area contributed by atoms with Gasteiger partial charge < -0.3 is 4.74 Å². The van der Waals surface area contributed by atoms with Gasteiger partial charge in [0.1, 0.15) is 11.6 Å². The number of hydrogen-bond donors (Lipinski definition) is 0. The maximum absolute atomic E-state index is 13.3. The first-order valence-corrected chi connectivity index (χ1v) is 11.5. The summed E-state index contributed by atoms with van der Waals surface area (Å²) in [6.45, 7) is 2.16. The molecule has 0 saturated carbocycles. The van der Waals surface area contributed by atoms with Gasteiger partial charge in [-0.05, 0) is 30.3 Å². The Balaban J connectivity index is 1.79. The number of amidine groups is 1. The Morgan fingerprint density at radius 2 is 2.00 bits per heavy atom. The fourth-order valence-corrected chi connectivity index (χ4v) is 4.71. The topological polar surface area (TPSA) is 79.3 Å². The summed E-state index contributed by atoms with van der Waals surface area (Å²) in [7, 11) is -0.671. The van der Waals surface area contributed by atoms with E-state index in [4.69, 9.17) is 4.74 Å². The molecule has 10 heteroatoms. The predicted molar refractivity (Wildman–Crippen MR) is 115 cm³/mol. The third-order valence-corrected chi connectivity index (χ3v) is 7.14. The second-order valence-electron chi connectivity index (χ2n) is 6.86. The number of aliphatic imine (C=N–C) groups is 1. The summed E-state index contributed by atoms with van der Waals surface area (Å²) < 4.78 is 44.5. The van der Waals surface area contributed by atoms with Gasteiger partial charge >= 0.3 is 0 Å². The molecule has 0 spiro atoms. The van der Waals surface area contributed by atoms with E-state index < -0.39 is 15.8 Å². The van der Waals surface area contributed by atoms with Gasteiger partial charge in [-0.25, -0.2) is 22.1 Å². The maximum Gasteiger partial charge on any atom is 0.266 e. The minimum atomic E-state index is -3.59. The lowest BCUT2D eigenvalue weighted by atomic mass is 10.3. The Morgan fingerprint density at radius 3 is 2.70 bits per heavy atom. The number of ether oxygens (including phenoxy) is 1. The minimum Gasteiger partial charge on any atom is -0.484 e. The average molecular weight is 452 g/mol. The molecule has 1 saturated heterocycles. The highest BCUT2D eigenvalue weighted by atomic mass is 32.2. The number of amides is 1.